The summed E-state index contributed by atoms with van der Waals surface area (Å²) in [5.41, 5.74) is 5.08. The normalized spacial score (nSPS) is 14.0. The van der Waals surface area contributed by atoms with Gasteiger partial charge in [0.2, 0.25) is 0 Å². The van der Waals surface area contributed by atoms with Gasteiger partial charge in [-0.1, -0.05) is 41.3 Å². The van der Waals surface area contributed by atoms with Gasteiger partial charge in [0.25, 0.3) is 0 Å². The summed E-state index contributed by atoms with van der Waals surface area (Å²) in [6.45, 7) is 3.89. The average molecular weight is 336 g/mol. The Hall–Kier alpha value is -0.310. The second-order valence-corrected chi connectivity index (χ2v) is 7.85. The van der Waals surface area contributed by atoms with Gasteiger partial charge in [-0.05, 0) is 32.9 Å². The molecule has 1 aromatic heterocycles. The predicted molar refractivity (Wildman–Crippen MR) is 85.5 cm³/mol. The van der Waals surface area contributed by atoms with E-state index in [1.165, 1.54) is 0 Å². The third-order valence-corrected chi connectivity index (χ3v) is 5.74. The number of rotatable bonds is 9. The molecule has 0 bridgehead atoms. The molecule has 114 valence electrons. The second kappa shape index (κ2) is 8.86. The molecule has 0 aromatic carbocycles. The molecular weight excluding hydrogens is 314 g/mol. The van der Waals surface area contributed by atoms with Crippen LogP contribution in [0.3, 0.4) is 0 Å². The summed E-state index contributed by atoms with van der Waals surface area (Å²) in [6.07, 6.45) is 4.52. The van der Waals surface area contributed by atoms with E-state index in [2.05, 4.69) is 10.2 Å². The quantitative estimate of drug-likeness (QED) is 0.422. The van der Waals surface area contributed by atoms with E-state index in [0.717, 1.165) is 27.3 Å². The van der Waals surface area contributed by atoms with E-state index in [9.17, 15) is 4.79 Å². The lowest BCUT2D eigenvalue weighted by molar-refractivity contribution is -0.149. The standard InChI is InChI=1S/C12H21N3O2S3/c1-4-17-9(16)12(2,13)7-5-6-8-19-11-15-14-10(18-3)20-11/h4-8,13H2,1-3H3. The fraction of sp³-hybridized carbons (Fsp3) is 0.750. The van der Waals surface area contributed by atoms with Gasteiger partial charge in [-0.3, -0.25) is 4.79 Å². The molecule has 20 heavy (non-hydrogen) atoms. The molecule has 0 fully saturated rings. The Morgan fingerprint density at radius 3 is 2.70 bits per heavy atom. The highest BCUT2D eigenvalue weighted by Crippen LogP contribution is 2.28. The van der Waals surface area contributed by atoms with Crippen LogP contribution in [0.4, 0.5) is 0 Å². The van der Waals surface area contributed by atoms with Crippen LogP contribution in [0.2, 0.25) is 0 Å². The zero-order valence-corrected chi connectivity index (χ0v) is 14.5. The van der Waals surface area contributed by atoms with Gasteiger partial charge in [0.15, 0.2) is 8.68 Å². The average Bonchev–Trinajstić information content (AvgIpc) is 2.86. The van der Waals surface area contributed by atoms with E-state index in [4.69, 9.17) is 10.5 Å². The molecule has 0 radical (unpaired) electrons. The first-order valence-electron chi connectivity index (χ1n) is 6.46. The Bertz CT molecular complexity index is 424. The van der Waals surface area contributed by atoms with Crippen molar-refractivity contribution in [3.05, 3.63) is 0 Å². The lowest BCUT2D eigenvalue weighted by Gasteiger charge is -2.21. The Morgan fingerprint density at radius 2 is 2.10 bits per heavy atom. The molecule has 1 atom stereocenters. The van der Waals surface area contributed by atoms with Crippen LogP contribution in [0.1, 0.15) is 33.1 Å². The van der Waals surface area contributed by atoms with Gasteiger partial charge in [0.1, 0.15) is 5.54 Å². The van der Waals surface area contributed by atoms with Gasteiger partial charge in [-0.2, -0.15) is 0 Å². The predicted octanol–water partition coefficient (Wildman–Crippen LogP) is 2.80. The maximum Gasteiger partial charge on any atom is 0.325 e. The third kappa shape index (κ3) is 5.99. The van der Waals surface area contributed by atoms with Crippen LogP contribution in [0.15, 0.2) is 8.68 Å². The summed E-state index contributed by atoms with van der Waals surface area (Å²) >= 11 is 4.92. The van der Waals surface area contributed by atoms with Gasteiger partial charge >= 0.3 is 5.97 Å². The molecule has 0 aliphatic heterocycles. The summed E-state index contributed by atoms with van der Waals surface area (Å²) in [5.74, 6) is 0.642. The van der Waals surface area contributed by atoms with E-state index in [1.807, 2.05) is 6.26 Å². The zero-order chi connectivity index (χ0) is 15.0. The van der Waals surface area contributed by atoms with Gasteiger partial charge in [0, 0.05) is 5.75 Å². The first-order chi connectivity index (χ1) is 9.49. The van der Waals surface area contributed by atoms with Crippen LogP contribution in [0.5, 0.6) is 0 Å². The maximum absolute atomic E-state index is 11.6. The minimum Gasteiger partial charge on any atom is -0.465 e. The summed E-state index contributed by atoms with van der Waals surface area (Å²) in [7, 11) is 0. The van der Waals surface area contributed by atoms with Crippen LogP contribution in [0.25, 0.3) is 0 Å². The summed E-state index contributed by atoms with van der Waals surface area (Å²) < 4.78 is 6.95. The van der Waals surface area contributed by atoms with Gasteiger partial charge in [-0.25, -0.2) is 0 Å². The SMILES string of the molecule is CCOC(=O)C(C)(N)CCCCSc1nnc(SC)s1. The lowest BCUT2D eigenvalue weighted by Crippen LogP contribution is -2.46. The molecule has 1 rings (SSSR count). The molecule has 1 heterocycles. The number of thioether (sulfide) groups is 2. The van der Waals surface area contributed by atoms with Gasteiger partial charge in [0.05, 0.1) is 6.61 Å². The molecule has 0 aliphatic carbocycles. The van der Waals surface area contributed by atoms with Crippen LogP contribution in [-0.4, -0.2) is 40.3 Å². The highest BCUT2D eigenvalue weighted by atomic mass is 32.2. The number of carbonyl (C=O) groups excluding carboxylic acids is 1. The minimum atomic E-state index is -0.880. The van der Waals surface area contributed by atoms with E-state index >= 15 is 0 Å². The molecule has 1 aromatic rings. The number of carbonyl (C=O) groups is 1. The topological polar surface area (TPSA) is 78.1 Å². The number of ether oxygens (including phenoxy) is 1. The van der Waals surface area contributed by atoms with Crippen molar-refractivity contribution in [1.29, 1.82) is 0 Å². The molecule has 0 saturated heterocycles. The van der Waals surface area contributed by atoms with E-state index in [1.54, 1.807) is 48.7 Å². The smallest absolute Gasteiger partial charge is 0.325 e. The Labute approximate surface area is 132 Å². The van der Waals surface area contributed by atoms with Gasteiger partial charge < -0.3 is 10.5 Å². The van der Waals surface area contributed by atoms with Crippen LogP contribution >= 0.6 is 34.9 Å². The molecule has 0 amide bonds. The van der Waals surface area contributed by atoms with Crippen LogP contribution < -0.4 is 5.73 Å². The van der Waals surface area contributed by atoms with Crippen LogP contribution in [0, 0.1) is 0 Å². The lowest BCUT2D eigenvalue weighted by atomic mass is 9.96. The number of esters is 1. The number of nitrogens with two attached hydrogens (primary N) is 1. The fourth-order valence-corrected chi connectivity index (χ4v) is 4.00. The molecule has 1 unspecified atom stereocenters. The van der Waals surface area contributed by atoms with Crippen LogP contribution in [-0.2, 0) is 9.53 Å². The first-order valence-corrected chi connectivity index (χ1v) is 9.48. The maximum atomic E-state index is 11.6. The monoisotopic (exact) mass is 335 g/mol. The van der Waals surface area contributed by atoms with Crippen molar-refractivity contribution in [2.24, 2.45) is 5.73 Å². The van der Waals surface area contributed by atoms with Gasteiger partial charge in [-0.15, -0.1) is 10.2 Å². The highest BCUT2D eigenvalue weighted by Gasteiger charge is 2.28. The van der Waals surface area contributed by atoms with Crippen molar-refractivity contribution in [2.45, 2.75) is 47.3 Å². The Balaban J connectivity index is 2.19. The van der Waals surface area contributed by atoms with Crippen molar-refractivity contribution in [3.8, 4) is 0 Å². The fourth-order valence-electron chi connectivity index (χ4n) is 1.49. The summed E-state index contributed by atoms with van der Waals surface area (Å²) in [4.78, 5) is 11.6. The van der Waals surface area contributed by atoms with E-state index < -0.39 is 5.54 Å². The molecular formula is C12H21N3O2S3. The van der Waals surface area contributed by atoms with Crippen molar-refractivity contribution in [1.82, 2.24) is 10.2 Å². The number of nitrogens with zero attached hydrogens (tertiary/aromatic N) is 2. The Morgan fingerprint density at radius 1 is 1.40 bits per heavy atom. The molecule has 5 nitrogen and oxygen atoms in total. The molecule has 2 N–H and O–H groups in total. The molecule has 8 heteroatoms. The number of aromatic nitrogens is 2. The number of hydrogen-bond acceptors (Lipinski definition) is 8. The number of hydrogen-bond donors (Lipinski definition) is 1. The first kappa shape index (κ1) is 17.7. The van der Waals surface area contributed by atoms with Crippen molar-refractivity contribution >= 4 is 40.8 Å². The largest absolute Gasteiger partial charge is 0.465 e. The van der Waals surface area contributed by atoms with Crippen molar-refractivity contribution < 1.29 is 9.53 Å². The molecule has 0 saturated carbocycles. The second-order valence-electron chi connectivity index (χ2n) is 4.48. The molecule has 0 spiro atoms. The molecule has 0 aliphatic rings. The number of unbranched alkanes of at least 4 members (excludes halogenated alkanes) is 1. The minimum absolute atomic E-state index is 0.318. The van der Waals surface area contributed by atoms with E-state index in [0.29, 0.717) is 13.0 Å². The Kier molecular flexibility index (Phi) is 7.86. The van der Waals surface area contributed by atoms with Crippen molar-refractivity contribution in [3.63, 3.8) is 0 Å². The van der Waals surface area contributed by atoms with Crippen molar-refractivity contribution in [2.75, 3.05) is 18.6 Å². The summed E-state index contributed by atoms with van der Waals surface area (Å²) in [6, 6.07) is 0. The zero-order valence-electron chi connectivity index (χ0n) is 12.0. The summed E-state index contributed by atoms with van der Waals surface area (Å²) in [5, 5.41) is 8.14. The third-order valence-electron chi connectivity index (χ3n) is 2.62. The highest BCUT2D eigenvalue weighted by molar-refractivity contribution is 8.02. The van der Waals surface area contributed by atoms with E-state index in [-0.39, 0.29) is 5.97 Å².